The highest BCUT2D eigenvalue weighted by molar-refractivity contribution is 5.68. The smallest absolute Gasteiger partial charge is 0.305 e. The molecule has 232 valence electrons. The van der Waals surface area contributed by atoms with Crippen molar-refractivity contribution in [3.8, 4) is 0 Å². The van der Waals surface area contributed by atoms with Gasteiger partial charge in [-0.25, -0.2) is 0 Å². The van der Waals surface area contributed by atoms with Crippen molar-refractivity contribution in [1.82, 2.24) is 0 Å². The lowest BCUT2D eigenvalue weighted by Crippen LogP contribution is -2.66. The molecular weight excluding hydrogens is 560 g/mol. The van der Waals surface area contributed by atoms with Gasteiger partial charge in [-0.15, -0.1) is 0 Å². The summed E-state index contributed by atoms with van der Waals surface area (Å²) in [7, 11) is 0. The number of ether oxygens (including phenoxy) is 9. The Bertz CT molecular complexity index is 977. The fourth-order valence-corrected chi connectivity index (χ4v) is 4.12. The molecule has 0 radical (unpaired) electrons. The van der Waals surface area contributed by atoms with Gasteiger partial charge < -0.3 is 52.8 Å². The maximum atomic E-state index is 11.9. The van der Waals surface area contributed by atoms with Crippen LogP contribution >= 0.6 is 0 Å². The van der Waals surface area contributed by atoms with Crippen molar-refractivity contribution in [2.45, 2.75) is 103 Å². The van der Waals surface area contributed by atoms with Gasteiger partial charge in [0.2, 0.25) is 6.29 Å². The number of aliphatic hydroxyl groups excluding tert-OH is 2. The first-order valence-corrected chi connectivity index (χ1v) is 12.4. The number of rotatable bonds is 10. The van der Waals surface area contributed by atoms with Gasteiger partial charge in [0.05, 0.1) is 0 Å². The van der Waals surface area contributed by atoms with E-state index in [0.29, 0.717) is 0 Å². The van der Waals surface area contributed by atoms with Gasteiger partial charge in [0.15, 0.2) is 24.6 Å². The van der Waals surface area contributed by atoms with Gasteiger partial charge in [-0.1, -0.05) is 0 Å². The van der Waals surface area contributed by atoms with Crippen LogP contribution in [-0.2, 0) is 71.4 Å². The average molecular weight is 595 g/mol. The zero-order chi connectivity index (χ0) is 31.0. The predicted molar refractivity (Wildman–Crippen MR) is 126 cm³/mol. The molecule has 2 aliphatic rings. The molecule has 2 aliphatic heterocycles. The number of carbonyl (C=O) groups excluding carboxylic acids is 6. The fourth-order valence-electron chi connectivity index (χ4n) is 4.12. The minimum absolute atomic E-state index is 0.539. The lowest BCUT2D eigenvalue weighted by molar-refractivity contribution is -0.357. The van der Waals surface area contributed by atoms with Crippen LogP contribution in [0.15, 0.2) is 0 Å². The van der Waals surface area contributed by atoms with E-state index >= 15 is 0 Å². The molecule has 0 aliphatic carbocycles. The molecule has 10 atom stereocenters. The minimum atomic E-state index is -1.84. The van der Waals surface area contributed by atoms with Gasteiger partial charge in [-0.2, -0.15) is 0 Å². The van der Waals surface area contributed by atoms with Crippen molar-refractivity contribution in [3.05, 3.63) is 0 Å². The summed E-state index contributed by atoms with van der Waals surface area (Å²) >= 11 is 0. The van der Waals surface area contributed by atoms with Crippen molar-refractivity contribution in [2.24, 2.45) is 0 Å². The second-order valence-electron chi connectivity index (χ2n) is 9.10. The van der Waals surface area contributed by atoms with Crippen LogP contribution in [0.2, 0.25) is 0 Å². The Balaban J connectivity index is 2.48. The average Bonchev–Trinajstić information content (AvgIpc) is 2.83. The molecule has 2 rings (SSSR count). The van der Waals surface area contributed by atoms with Crippen LogP contribution in [0.4, 0.5) is 0 Å². The first kappa shape index (κ1) is 33.8. The summed E-state index contributed by atoms with van der Waals surface area (Å²) in [5, 5.41) is 22.2. The van der Waals surface area contributed by atoms with Crippen LogP contribution in [-0.4, -0.2) is 121 Å². The Morgan fingerprint density at radius 1 is 0.512 bits per heavy atom. The SMILES string of the molecule is CC(=O)OCC1O[C@H](OC(C)=O)C(OC(C)=O)C(O)C1OC1OC(COC(C)=O)C(OC(C)=O)C(O)[C@@H]1OC(C)=O. The largest absolute Gasteiger partial charge is 0.463 e. The topological polar surface area (TPSA) is 226 Å². The zero-order valence-electron chi connectivity index (χ0n) is 23.2. The van der Waals surface area contributed by atoms with Crippen LogP contribution in [0.5, 0.6) is 0 Å². The van der Waals surface area contributed by atoms with Gasteiger partial charge >= 0.3 is 35.8 Å². The van der Waals surface area contributed by atoms with E-state index in [0.717, 1.165) is 41.5 Å². The van der Waals surface area contributed by atoms with Gasteiger partial charge in [0.1, 0.15) is 43.7 Å². The third kappa shape index (κ3) is 9.89. The number of aliphatic hydroxyl groups is 2. The van der Waals surface area contributed by atoms with E-state index < -0.39 is 110 Å². The minimum Gasteiger partial charge on any atom is -0.463 e. The number of hydrogen-bond acceptors (Lipinski definition) is 17. The van der Waals surface area contributed by atoms with Gasteiger partial charge in [-0.3, -0.25) is 28.8 Å². The van der Waals surface area contributed by atoms with Gasteiger partial charge in [0, 0.05) is 41.5 Å². The Morgan fingerprint density at radius 3 is 1.32 bits per heavy atom. The maximum Gasteiger partial charge on any atom is 0.305 e. The Labute approximate surface area is 234 Å². The van der Waals surface area contributed by atoms with Crippen molar-refractivity contribution in [3.63, 3.8) is 0 Å². The highest BCUT2D eigenvalue weighted by Gasteiger charge is 2.55. The third-order valence-electron chi connectivity index (χ3n) is 5.61. The van der Waals surface area contributed by atoms with Crippen molar-refractivity contribution in [1.29, 1.82) is 0 Å². The molecule has 0 saturated carbocycles. The summed E-state index contributed by atoms with van der Waals surface area (Å²) in [4.78, 5) is 69.9. The van der Waals surface area contributed by atoms with Crippen LogP contribution < -0.4 is 0 Å². The quantitative estimate of drug-likeness (QED) is 0.206. The highest BCUT2D eigenvalue weighted by Crippen LogP contribution is 2.33. The molecule has 0 amide bonds. The summed E-state index contributed by atoms with van der Waals surface area (Å²) in [5.74, 6) is -4.98. The highest BCUT2D eigenvalue weighted by atomic mass is 16.8. The summed E-state index contributed by atoms with van der Waals surface area (Å²) in [6, 6.07) is 0. The lowest BCUT2D eigenvalue weighted by Gasteiger charge is -2.47. The van der Waals surface area contributed by atoms with Gasteiger partial charge in [0.25, 0.3) is 0 Å². The van der Waals surface area contributed by atoms with E-state index in [9.17, 15) is 39.0 Å². The molecule has 8 unspecified atom stereocenters. The van der Waals surface area contributed by atoms with E-state index in [1.165, 1.54) is 0 Å². The molecule has 0 aromatic heterocycles. The lowest BCUT2D eigenvalue weighted by atomic mass is 9.96. The van der Waals surface area contributed by atoms with E-state index in [1.54, 1.807) is 0 Å². The number of esters is 6. The second kappa shape index (κ2) is 15.0. The van der Waals surface area contributed by atoms with Crippen molar-refractivity contribution < 1.29 is 81.6 Å². The molecule has 2 heterocycles. The Morgan fingerprint density at radius 2 is 0.878 bits per heavy atom. The predicted octanol–water partition coefficient (Wildman–Crippen LogP) is -1.97. The molecule has 0 aromatic rings. The molecule has 2 fully saturated rings. The molecular formula is C24H34O17. The molecule has 0 bridgehead atoms. The molecule has 0 spiro atoms. The van der Waals surface area contributed by atoms with E-state index in [4.69, 9.17) is 42.6 Å². The molecule has 2 N–H and O–H groups in total. The number of hydrogen-bond donors (Lipinski definition) is 2. The molecule has 17 nitrogen and oxygen atoms in total. The van der Waals surface area contributed by atoms with Crippen LogP contribution in [0.25, 0.3) is 0 Å². The first-order chi connectivity index (χ1) is 19.1. The molecule has 0 aromatic carbocycles. The van der Waals surface area contributed by atoms with Crippen LogP contribution in [0.1, 0.15) is 41.5 Å². The summed E-state index contributed by atoms with van der Waals surface area (Å²) in [5.41, 5.74) is 0. The standard InChI is InChI=1S/C24H34O17/c1-9(25)33-7-15-19(35-11(3)27)17(31)22(37-13(5)29)24(40-15)41-20-16(8-34-10(2)26)39-23(38-14(6)30)21(18(20)32)36-12(4)28/h15-24,31-32H,7-8H2,1-6H3/t15?,16?,17?,18?,19?,20?,21?,22-,23-,24?/m0/s1. The molecule has 41 heavy (non-hydrogen) atoms. The van der Waals surface area contributed by atoms with Crippen molar-refractivity contribution in [2.75, 3.05) is 13.2 Å². The number of carbonyl (C=O) groups is 6. The summed E-state index contributed by atoms with van der Waals surface area (Å²) in [6.07, 6.45) is -16.3. The van der Waals surface area contributed by atoms with Crippen LogP contribution in [0.3, 0.4) is 0 Å². The van der Waals surface area contributed by atoms with E-state index in [1.807, 2.05) is 0 Å². The summed E-state index contributed by atoms with van der Waals surface area (Å²) < 4.78 is 47.7. The van der Waals surface area contributed by atoms with Gasteiger partial charge in [-0.05, 0) is 0 Å². The van der Waals surface area contributed by atoms with Crippen molar-refractivity contribution >= 4 is 35.8 Å². The normalized spacial score (nSPS) is 33.1. The van der Waals surface area contributed by atoms with E-state index in [-0.39, 0.29) is 0 Å². The van der Waals surface area contributed by atoms with Crippen LogP contribution in [0, 0.1) is 0 Å². The first-order valence-electron chi connectivity index (χ1n) is 12.4. The summed E-state index contributed by atoms with van der Waals surface area (Å²) in [6.45, 7) is 5.19. The Hall–Kier alpha value is -3.38. The third-order valence-corrected chi connectivity index (χ3v) is 5.61. The second-order valence-corrected chi connectivity index (χ2v) is 9.10. The van der Waals surface area contributed by atoms with E-state index in [2.05, 4.69) is 0 Å². The molecule has 2 saturated heterocycles. The molecule has 17 heteroatoms. The Kier molecular flexibility index (Phi) is 12.4. The zero-order valence-corrected chi connectivity index (χ0v) is 23.2. The fraction of sp³-hybridized carbons (Fsp3) is 0.750. The monoisotopic (exact) mass is 594 g/mol. The maximum absolute atomic E-state index is 11.9.